The van der Waals surface area contributed by atoms with Gasteiger partial charge in [-0.3, -0.25) is 0 Å². The second-order valence-electron chi connectivity index (χ2n) is 6.92. The average Bonchev–Trinajstić information content (AvgIpc) is 3.15. The Morgan fingerprint density at radius 2 is 1.79 bits per heavy atom. The molecule has 0 radical (unpaired) electrons. The van der Waals surface area contributed by atoms with Gasteiger partial charge < -0.3 is 9.47 Å². The molecule has 1 aliphatic rings. The van der Waals surface area contributed by atoms with E-state index < -0.39 is 0 Å². The molecule has 0 aliphatic carbocycles. The smallest absolute Gasteiger partial charge is 0.152 e. The topological polar surface area (TPSA) is 70.6 Å². The minimum absolute atomic E-state index is 0.436. The molecule has 0 saturated heterocycles. The Morgan fingerprint density at radius 1 is 0.964 bits per heavy atom. The quantitative estimate of drug-likeness (QED) is 0.556. The second-order valence-corrected chi connectivity index (χ2v) is 6.92. The number of aromatic nitrogens is 4. The predicted molar refractivity (Wildman–Crippen MR) is 107 cm³/mol. The maximum Gasteiger partial charge on any atom is 0.152 e. The number of nitriles is 1. The summed E-state index contributed by atoms with van der Waals surface area (Å²) in [5.74, 6) is 1.95. The summed E-state index contributed by atoms with van der Waals surface area (Å²) in [7, 11) is 0. The largest absolute Gasteiger partial charge is 0.362 e. The Bertz CT molecular complexity index is 1190. The van der Waals surface area contributed by atoms with Gasteiger partial charge in [0.05, 0.1) is 12.1 Å². The second kappa shape index (κ2) is 6.78. The Morgan fingerprint density at radius 3 is 2.64 bits per heavy atom. The summed E-state index contributed by atoms with van der Waals surface area (Å²) >= 11 is 0. The molecule has 0 saturated carbocycles. The summed E-state index contributed by atoms with van der Waals surface area (Å²) in [6, 6.07) is 22.4. The number of hydrogen-bond donors (Lipinski definition) is 0. The van der Waals surface area contributed by atoms with E-state index in [1.807, 2.05) is 42.5 Å². The van der Waals surface area contributed by atoms with Crippen molar-refractivity contribution < 1.29 is 0 Å². The fourth-order valence-corrected chi connectivity index (χ4v) is 3.81. The summed E-state index contributed by atoms with van der Waals surface area (Å²) in [5.41, 5.74) is 3.54. The molecular formula is C22H18N6. The molecule has 0 amide bonds. The molecule has 1 aliphatic heterocycles. The highest BCUT2D eigenvalue weighted by molar-refractivity contribution is 5.92. The van der Waals surface area contributed by atoms with E-state index in [1.54, 1.807) is 0 Å². The van der Waals surface area contributed by atoms with E-state index in [0.717, 1.165) is 47.7 Å². The Hall–Kier alpha value is -3.72. The van der Waals surface area contributed by atoms with E-state index in [0.29, 0.717) is 12.2 Å². The van der Waals surface area contributed by atoms with Crippen LogP contribution in [-0.4, -0.2) is 26.3 Å². The number of fused-ring (bicyclic) bond motifs is 2. The predicted octanol–water partition coefficient (Wildman–Crippen LogP) is 3.31. The molecule has 0 atom stereocenters. The van der Waals surface area contributed by atoms with Crippen molar-refractivity contribution in [2.75, 3.05) is 11.4 Å². The molecule has 5 rings (SSSR count). The van der Waals surface area contributed by atoms with E-state index in [2.05, 4.69) is 48.9 Å². The van der Waals surface area contributed by atoms with E-state index in [1.165, 1.54) is 5.56 Å². The highest BCUT2D eigenvalue weighted by Gasteiger charge is 2.23. The van der Waals surface area contributed by atoms with Crippen molar-refractivity contribution in [2.45, 2.75) is 19.5 Å². The Balaban J connectivity index is 1.47. The van der Waals surface area contributed by atoms with Crippen LogP contribution in [0.5, 0.6) is 0 Å². The van der Waals surface area contributed by atoms with Crippen molar-refractivity contribution in [3.63, 3.8) is 0 Å². The molecule has 0 spiro atoms. The standard InChI is InChI=1S/C22H18N6/c23-14-17-13-20(18-8-4-5-9-19(18)24-17)27-10-11-28-21(25-26-22(28)15-27)12-16-6-2-1-3-7-16/h1-9,13H,10-12,15H2. The van der Waals surface area contributed by atoms with Gasteiger partial charge in [-0.1, -0.05) is 48.5 Å². The number of pyridine rings is 1. The fraction of sp³-hybridized carbons (Fsp3) is 0.182. The van der Waals surface area contributed by atoms with Crippen LogP contribution in [-0.2, 0) is 19.5 Å². The van der Waals surface area contributed by atoms with Gasteiger partial charge in [-0.2, -0.15) is 5.26 Å². The van der Waals surface area contributed by atoms with Crippen molar-refractivity contribution >= 4 is 16.6 Å². The van der Waals surface area contributed by atoms with Crippen molar-refractivity contribution in [1.29, 1.82) is 5.26 Å². The molecule has 3 heterocycles. The number of nitrogens with zero attached hydrogens (tertiary/aromatic N) is 6. The van der Waals surface area contributed by atoms with Gasteiger partial charge in [0.1, 0.15) is 17.6 Å². The molecular weight excluding hydrogens is 348 g/mol. The SMILES string of the molecule is N#Cc1cc(N2CCn3c(Cc4ccccc4)nnc3C2)c2ccccc2n1. The van der Waals surface area contributed by atoms with Crippen LogP contribution < -0.4 is 4.90 Å². The van der Waals surface area contributed by atoms with Gasteiger partial charge >= 0.3 is 0 Å². The monoisotopic (exact) mass is 366 g/mol. The van der Waals surface area contributed by atoms with Crippen LogP contribution in [0.3, 0.4) is 0 Å². The molecule has 0 unspecified atom stereocenters. The zero-order chi connectivity index (χ0) is 18.9. The van der Waals surface area contributed by atoms with Gasteiger partial charge in [-0.25, -0.2) is 4.98 Å². The lowest BCUT2D eigenvalue weighted by molar-refractivity contribution is 0.547. The Labute approximate surface area is 162 Å². The van der Waals surface area contributed by atoms with Crippen LogP contribution >= 0.6 is 0 Å². The molecule has 136 valence electrons. The minimum Gasteiger partial charge on any atom is -0.362 e. The first-order valence-corrected chi connectivity index (χ1v) is 9.31. The molecule has 4 aromatic rings. The summed E-state index contributed by atoms with van der Waals surface area (Å²) in [4.78, 5) is 6.69. The molecule has 0 fully saturated rings. The van der Waals surface area contributed by atoms with E-state index in [9.17, 15) is 5.26 Å². The van der Waals surface area contributed by atoms with Gasteiger partial charge in [0.15, 0.2) is 5.82 Å². The first kappa shape index (κ1) is 16.5. The summed E-state index contributed by atoms with van der Waals surface area (Å²) in [6.45, 7) is 2.33. The fourth-order valence-electron chi connectivity index (χ4n) is 3.81. The molecule has 28 heavy (non-hydrogen) atoms. The highest BCUT2D eigenvalue weighted by Crippen LogP contribution is 2.29. The first-order valence-electron chi connectivity index (χ1n) is 9.31. The Kier molecular flexibility index (Phi) is 3.99. The van der Waals surface area contributed by atoms with Crippen LogP contribution in [0.4, 0.5) is 5.69 Å². The zero-order valence-electron chi connectivity index (χ0n) is 15.3. The van der Waals surface area contributed by atoms with Crippen molar-refractivity contribution in [3.8, 4) is 6.07 Å². The number of anilines is 1. The normalized spacial score (nSPS) is 13.3. The van der Waals surface area contributed by atoms with E-state index in [4.69, 9.17) is 0 Å². The van der Waals surface area contributed by atoms with Gasteiger partial charge in [0, 0.05) is 30.6 Å². The third kappa shape index (κ3) is 2.87. The molecule has 2 aromatic heterocycles. The van der Waals surface area contributed by atoms with Gasteiger partial charge in [-0.15, -0.1) is 10.2 Å². The van der Waals surface area contributed by atoms with Crippen LogP contribution in [0.1, 0.15) is 22.9 Å². The van der Waals surface area contributed by atoms with Gasteiger partial charge in [0.2, 0.25) is 0 Å². The number of rotatable bonds is 3. The van der Waals surface area contributed by atoms with Crippen LogP contribution in [0.15, 0.2) is 60.7 Å². The first-order chi connectivity index (χ1) is 13.8. The van der Waals surface area contributed by atoms with Crippen LogP contribution in [0.25, 0.3) is 10.9 Å². The zero-order valence-corrected chi connectivity index (χ0v) is 15.3. The molecule has 6 nitrogen and oxygen atoms in total. The molecule has 2 aromatic carbocycles. The number of para-hydroxylation sites is 1. The van der Waals surface area contributed by atoms with Gasteiger partial charge in [0.25, 0.3) is 0 Å². The van der Waals surface area contributed by atoms with E-state index >= 15 is 0 Å². The minimum atomic E-state index is 0.436. The lowest BCUT2D eigenvalue weighted by atomic mass is 10.1. The highest BCUT2D eigenvalue weighted by atomic mass is 15.3. The van der Waals surface area contributed by atoms with Crippen molar-refractivity contribution in [1.82, 2.24) is 19.7 Å². The summed E-state index contributed by atoms with van der Waals surface area (Å²) in [6.07, 6.45) is 0.782. The summed E-state index contributed by atoms with van der Waals surface area (Å²) in [5, 5.41) is 19.3. The maximum absolute atomic E-state index is 9.36. The van der Waals surface area contributed by atoms with E-state index in [-0.39, 0.29) is 0 Å². The number of hydrogen-bond acceptors (Lipinski definition) is 5. The lowest BCUT2D eigenvalue weighted by Crippen LogP contribution is -2.34. The van der Waals surface area contributed by atoms with Crippen molar-refractivity contribution in [2.24, 2.45) is 0 Å². The number of benzene rings is 2. The van der Waals surface area contributed by atoms with Gasteiger partial charge in [-0.05, 0) is 17.7 Å². The molecule has 0 N–H and O–H groups in total. The average molecular weight is 366 g/mol. The lowest BCUT2D eigenvalue weighted by Gasteiger charge is -2.30. The third-order valence-corrected chi connectivity index (χ3v) is 5.18. The van der Waals surface area contributed by atoms with Crippen molar-refractivity contribution in [3.05, 3.63) is 83.6 Å². The maximum atomic E-state index is 9.36. The molecule has 6 heteroatoms. The molecule has 0 bridgehead atoms. The van der Waals surface area contributed by atoms with Crippen LogP contribution in [0, 0.1) is 11.3 Å². The summed E-state index contributed by atoms with van der Waals surface area (Å²) < 4.78 is 2.22. The third-order valence-electron chi connectivity index (χ3n) is 5.18. The van der Waals surface area contributed by atoms with Crippen LogP contribution in [0.2, 0.25) is 0 Å².